The lowest BCUT2D eigenvalue weighted by atomic mass is 9.68. The molecule has 1 atom stereocenters. The summed E-state index contributed by atoms with van der Waals surface area (Å²) in [5, 5.41) is 2.02. The van der Waals surface area contributed by atoms with Gasteiger partial charge in [0.15, 0.2) is 5.41 Å². The zero-order valence-electron chi connectivity index (χ0n) is 13.8. The van der Waals surface area contributed by atoms with Gasteiger partial charge in [0.1, 0.15) is 0 Å². The normalized spacial score (nSPS) is 18.5. The molecule has 4 nitrogen and oxygen atoms in total. The van der Waals surface area contributed by atoms with Crippen LogP contribution in [0.15, 0.2) is 41.8 Å². The summed E-state index contributed by atoms with van der Waals surface area (Å²) in [6.45, 7) is 0. The lowest BCUT2D eigenvalue weighted by Gasteiger charge is -2.36. The fourth-order valence-electron chi connectivity index (χ4n) is 3.61. The van der Waals surface area contributed by atoms with Crippen LogP contribution in [0.2, 0.25) is 0 Å². The number of ether oxygens (including phenoxy) is 2. The molecule has 0 saturated carbocycles. The summed E-state index contributed by atoms with van der Waals surface area (Å²) in [6.07, 6.45) is 1.54. The smallest absolute Gasteiger partial charge is 0.323 e. The van der Waals surface area contributed by atoms with Crippen molar-refractivity contribution in [2.45, 2.75) is 25.2 Å². The Hall–Kier alpha value is -2.14. The maximum absolute atomic E-state index is 12.5. The van der Waals surface area contributed by atoms with Crippen LogP contribution in [-0.4, -0.2) is 26.2 Å². The van der Waals surface area contributed by atoms with Crippen molar-refractivity contribution >= 4 is 23.3 Å². The van der Waals surface area contributed by atoms with E-state index in [1.807, 2.05) is 29.6 Å². The van der Waals surface area contributed by atoms with Gasteiger partial charge in [-0.25, -0.2) is 0 Å². The Kier molecular flexibility index (Phi) is 4.71. The molecule has 126 valence electrons. The quantitative estimate of drug-likeness (QED) is 0.630. The molecular formula is C19H20O4S. The Morgan fingerprint density at radius 3 is 2.42 bits per heavy atom. The highest BCUT2D eigenvalue weighted by Crippen LogP contribution is 2.47. The number of hydrogen-bond acceptors (Lipinski definition) is 5. The molecule has 1 aliphatic carbocycles. The van der Waals surface area contributed by atoms with E-state index in [-0.39, 0.29) is 5.92 Å². The molecule has 0 N–H and O–H groups in total. The standard InChI is InChI=1S/C19H20O4S/c1-22-17(20)19(18(21)23-2)11-14-8-9-24-16(14)15(12-19)10-13-6-4-3-5-7-13/h3-9,15H,10-12H2,1-2H3. The summed E-state index contributed by atoms with van der Waals surface area (Å²) in [4.78, 5) is 26.3. The fraction of sp³-hybridized carbons (Fsp3) is 0.368. The van der Waals surface area contributed by atoms with Gasteiger partial charge in [0.2, 0.25) is 0 Å². The van der Waals surface area contributed by atoms with Crippen LogP contribution in [0.3, 0.4) is 0 Å². The SMILES string of the molecule is COC(=O)C1(C(=O)OC)Cc2ccsc2C(Cc2ccccc2)C1. The predicted octanol–water partition coefficient (Wildman–Crippen LogP) is 3.35. The van der Waals surface area contributed by atoms with Gasteiger partial charge in [0, 0.05) is 11.3 Å². The van der Waals surface area contributed by atoms with Gasteiger partial charge in [-0.3, -0.25) is 9.59 Å². The Morgan fingerprint density at radius 1 is 1.12 bits per heavy atom. The molecule has 0 amide bonds. The number of rotatable bonds is 4. The molecule has 0 radical (unpaired) electrons. The van der Waals surface area contributed by atoms with Crippen LogP contribution in [-0.2, 0) is 31.9 Å². The van der Waals surface area contributed by atoms with E-state index in [2.05, 4.69) is 12.1 Å². The van der Waals surface area contributed by atoms with E-state index in [0.717, 1.165) is 12.0 Å². The number of methoxy groups -OCH3 is 2. The average molecular weight is 344 g/mol. The van der Waals surface area contributed by atoms with E-state index in [1.54, 1.807) is 11.3 Å². The first-order chi connectivity index (χ1) is 11.6. The van der Waals surface area contributed by atoms with E-state index in [1.165, 1.54) is 24.7 Å². The minimum absolute atomic E-state index is 0.0920. The summed E-state index contributed by atoms with van der Waals surface area (Å²) in [5.74, 6) is -0.928. The van der Waals surface area contributed by atoms with Crippen LogP contribution in [0.25, 0.3) is 0 Å². The van der Waals surface area contributed by atoms with Crippen molar-refractivity contribution < 1.29 is 19.1 Å². The summed E-state index contributed by atoms with van der Waals surface area (Å²) < 4.78 is 9.94. The minimum Gasteiger partial charge on any atom is -0.468 e. The van der Waals surface area contributed by atoms with Crippen molar-refractivity contribution in [3.8, 4) is 0 Å². The van der Waals surface area contributed by atoms with Crippen molar-refractivity contribution in [1.82, 2.24) is 0 Å². The molecule has 0 spiro atoms. The molecule has 3 rings (SSSR count). The van der Waals surface area contributed by atoms with Crippen molar-refractivity contribution in [3.05, 3.63) is 57.8 Å². The molecular weight excluding hydrogens is 324 g/mol. The van der Waals surface area contributed by atoms with Crippen LogP contribution in [0.5, 0.6) is 0 Å². The van der Waals surface area contributed by atoms with Gasteiger partial charge in [-0.05, 0) is 41.3 Å². The second-order valence-electron chi connectivity index (χ2n) is 6.14. The van der Waals surface area contributed by atoms with Gasteiger partial charge in [-0.15, -0.1) is 11.3 Å². The first-order valence-electron chi connectivity index (χ1n) is 7.87. The number of thiophene rings is 1. The van der Waals surface area contributed by atoms with Gasteiger partial charge >= 0.3 is 11.9 Å². The first-order valence-corrected chi connectivity index (χ1v) is 8.75. The third-order valence-electron chi connectivity index (χ3n) is 4.72. The molecule has 1 aliphatic rings. The Morgan fingerprint density at radius 2 is 1.79 bits per heavy atom. The lowest BCUT2D eigenvalue weighted by Crippen LogP contribution is -2.46. The number of carbonyl (C=O) groups is 2. The van der Waals surface area contributed by atoms with Gasteiger partial charge in [-0.2, -0.15) is 0 Å². The van der Waals surface area contributed by atoms with Gasteiger partial charge in [-0.1, -0.05) is 30.3 Å². The van der Waals surface area contributed by atoms with Gasteiger partial charge < -0.3 is 9.47 Å². The second-order valence-corrected chi connectivity index (χ2v) is 7.09. The number of esters is 2. The molecule has 1 aromatic carbocycles. The largest absolute Gasteiger partial charge is 0.468 e. The van der Waals surface area contributed by atoms with E-state index in [0.29, 0.717) is 12.8 Å². The number of carbonyl (C=O) groups excluding carboxylic acids is 2. The molecule has 0 aliphatic heterocycles. The molecule has 5 heteroatoms. The minimum atomic E-state index is -1.25. The second kappa shape index (κ2) is 6.77. The fourth-order valence-corrected chi connectivity index (χ4v) is 4.64. The number of benzene rings is 1. The first kappa shape index (κ1) is 16.7. The molecule has 0 bridgehead atoms. The molecule has 1 unspecified atom stereocenters. The highest BCUT2D eigenvalue weighted by molar-refractivity contribution is 7.10. The van der Waals surface area contributed by atoms with Gasteiger partial charge in [0.05, 0.1) is 14.2 Å². The lowest BCUT2D eigenvalue weighted by molar-refractivity contribution is -0.170. The van der Waals surface area contributed by atoms with Crippen molar-refractivity contribution in [2.75, 3.05) is 14.2 Å². The predicted molar refractivity (Wildman–Crippen MR) is 92.0 cm³/mol. The van der Waals surface area contributed by atoms with Crippen LogP contribution in [0.4, 0.5) is 0 Å². The van der Waals surface area contributed by atoms with Crippen LogP contribution in [0, 0.1) is 5.41 Å². The number of hydrogen-bond donors (Lipinski definition) is 0. The van der Waals surface area contributed by atoms with Crippen LogP contribution in [0.1, 0.15) is 28.3 Å². The molecule has 2 aromatic rings. The molecule has 1 aromatic heterocycles. The van der Waals surface area contributed by atoms with Crippen molar-refractivity contribution in [1.29, 1.82) is 0 Å². The third kappa shape index (κ3) is 2.84. The Balaban J connectivity index is 2.00. The highest BCUT2D eigenvalue weighted by atomic mass is 32.1. The molecule has 0 saturated heterocycles. The van der Waals surface area contributed by atoms with E-state index >= 15 is 0 Å². The van der Waals surface area contributed by atoms with E-state index in [4.69, 9.17) is 9.47 Å². The Bertz CT molecular complexity index is 719. The summed E-state index contributed by atoms with van der Waals surface area (Å²) in [6, 6.07) is 12.1. The average Bonchev–Trinajstić information content (AvgIpc) is 3.09. The number of fused-ring (bicyclic) bond motifs is 1. The monoisotopic (exact) mass is 344 g/mol. The topological polar surface area (TPSA) is 52.6 Å². The maximum Gasteiger partial charge on any atom is 0.323 e. The zero-order chi connectivity index (χ0) is 17.2. The van der Waals surface area contributed by atoms with Crippen molar-refractivity contribution in [3.63, 3.8) is 0 Å². The van der Waals surface area contributed by atoms with Crippen LogP contribution >= 0.6 is 11.3 Å². The zero-order valence-corrected chi connectivity index (χ0v) is 14.6. The Labute approximate surface area is 145 Å². The summed E-state index contributed by atoms with van der Waals surface area (Å²) >= 11 is 1.69. The van der Waals surface area contributed by atoms with Crippen molar-refractivity contribution in [2.24, 2.45) is 5.41 Å². The highest BCUT2D eigenvalue weighted by Gasteiger charge is 2.53. The molecule has 1 heterocycles. The molecule has 24 heavy (non-hydrogen) atoms. The third-order valence-corrected chi connectivity index (χ3v) is 5.84. The van der Waals surface area contributed by atoms with E-state index < -0.39 is 17.4 Å². The van der Waals surface area contributed by atoms with Crippen LogP contribution < -0.4 is 0 Å². The maximum atomic E-state index is 12.5. The van der Waals surface area contributed by atoms with Gasteiger partial charge in [0.25, 0.3) is 0 Å². The molecule has 0 fully saturated rings. The summed E-state index contributed by atoms with van der Waals surface area (Å²) in [5.41, 5.74) is 0.979. The van der Waals surface area contributed by atoms with E-state index in [9.17, 15) is 9.59 Å². The summed E-state index contributed by atoms with van der Waals surface area (Å²) in [7, 11) is 2.64.